The fourth-order valence-corrected chi connectivity index (χ4v) is 5.62. The first-order chi connectivity index (χ1) is 16.6. The van der Waals surface area contributed by atoms with Crippen LogP contribution in [-0.2, 0) is 4.79 Å². The number of nitrogens with two attached hydrogens (primary N) is 1. The van der Waals surface area contributed by atoms with Crippen molar-refractivity contribution in [3.8, 4) is 11.1 Å². The molecule has 1 heterocycles. The minimum Gasteiger partial charge on any atom is -0.369 e. The smallest absolute Gasteiger partial charge is 0.221 e. The van der Waals surface area contributed by atoms with Gasteiger partial charge in [-0.3, -0.25) is 4.79 Å². The Kier molecular flexibility index (Phi) is 7.49. The summed E-state index contributed by atoms with van der Waals surface area (Å²) in [5.41, 5.74) is 11.6. The van der Waals surface area contributed by atoms with Crippen molar-refractivity contribution in [2.24, 2.45) is 17.6 Å². The molecule has 35 heavy (non-hydrogen) atoms. The molecule has 1 aliphatic carbocycles. The van der Waals surface area contributed by atoms with Crippen molar-refractivity contribution in [2.75, 3.05) is 5.32 Å². The van der Waals surface area contributed by atoms with Crippen LogP contribution in [0.4, 0.5) is 5.82 Å². The number of nitrogens with one attached hydrogen (secondary N) is 1. The first-order valence-corrected chi connectivity index (χ1v) is 13.2. The Hall–Kier alpha value is -2.88. The van der Waals surface area contributed by atoms with Crippen LogP contribution in [0.15, 0.2) is 48.5 Å². The SMILES string of the molecule is Cc1ccccc1-c1ccc2nc(NC(C)(C)C)c(C(C)C(CC3CCCCC3)C(N)=O)cc2c1. The number of fused-ring (bicyclic) bond motifs is 1. The van der Waals surface area contributed by atoms with Crippen LogP contribution in [0.25, 0.3) is 22.0 Å². The summed E-state index contributed by atoms with van der Waals surface area (Å²) >= 11 is 0. The lowest BCUT2D eigenvalue weighted by Crippen LogP contribution is -2.32. The van der Waals surface area contributed by atoms with Crippen LogP contribution in [0, 0.1) is 18.8 Å². The number of nitrogens with zero attached hydrogens (tertiary/aromatic N) is 1. The average molecular weight is 472 g/mol. The standard InChI is InChI=1S/C31H41N3O/c1-20-11-9-10-14-25(20)23-15-16-28-24(18-23)19-27(30(33-28)34-31(3,4)5)21(2)26(29(32)35)17-22-12-7-6-8-13-22/h9-11,14-16,18-19,21-22,26H,6-8,12-13,17H2,1-5H3,(H2,32,35)(H,33,34). The largest absolute Gasteiger partial charge is 0.369 e. The van der Waals surface area contributed by atoms with Gasteiger partial charge in [-0.25, -0.2) is 4.98 Å². The van der Waals surface area contributed by atoms with Gasteiger partial charge in [0.1, 0.15) is 5.82 Å². The van der Waals surface area contributed by atoms with Crippen LogP contribution in [-0.4, -0.2) is 16.4 Å². The number of anilines is 1. The molecule has 1 amide bonds. The predicted octanol–water partition coefficient (Wildman–Crippen LogP) is 7.60. The molecule has 2 aromatic carbocycles. The zero-order valence-electron chi connectivity index (χ0n) is 22.0. The van der Waals surface area contributed by atoms with Gasteiger partial charge in [0, 0.05) is 16.8 Å². The summed E-state index contributed by atoms with van der Waals surface area (Å²) in [5, 5.41) is 4.70. The molecular formula is C31H41N3O. The molecule has 4 rings (SSSR count). The lowest BCUT2D eigenvalue weighted by Gasteiger charge is -2.31. The fraction of sp³-hybridized carbons (Fsp3) is 0.484. The van der Waals surface area contributed by atoms with Gasteiger partial charge in [0.2, 0.25) is 5.91 Å². The minimum atomic E-state index is -0.197. The Morgan fingerprint density at radius 2 is 1.80 bits per heavy atom. The van der Waals surface area contributed by atoms with Crippen LogP contribution in [0.3, 0.4) is 0 Å². The van der Waals surface area contributed by atoms with Crippen molar-refractivity contribution >= 4 is 22.6 Å². The molecule has 4 heteroatoms. The monoisotopic (exact) mass is 471 g/mol. The molecule has 186 valence electrons. The minimum absolute atomic E-state index is 0.0155. The normalized spacial score (nSPS) is 16.7. The van der Waals surface area contributed by atoms with Crippen molar-refractivity contribution < 1.29 is 4.79 Å². The molecule has 2 unspecified atom stereocenters. The van der Waals surface area contributed by atoms with Gasteiger partial charge in [-0.2, -0.15) is 0 Å². The number of carbonyl (C=O) groups is 1. The Balaban J connectivity index is 1.78. The van der Waals surface area contributed by atoms with Crippen molar-refractivity contribution in [1.29, 1.82) is 0 Å². The number of primary amides is 1. The molecule has 0 spiro atoms. The highest BCUT2D eigenvalue weighted by atomic mass is 16.1. The van der Waals surface area contributed by atoms with E-state index in [1.54, 1.807) is 0 Å². The van der Waals surface area contributed by atoms with Crippen LogP contribution in [0.5, 0.6) is 0 Å². The van der Waals surface area contributed by atoms with Crippen molar-refractivity contribution in [2.45, 2.75) is 84.6 Å². The van der Waals surface area contributed by atoms with E-state index in [9.17, 15) is 4.79 Å². The second kappa shape index (κ2) is 10.4. The number of aryl methyl sites for hydroxylation is 1. The Bertz CT molecular complexity index is 1190. The highest BCUT2D eigenvalue weighted by Crippen LogP contribution is 2.39. The van der Waals surface area contributed by atoms with Crippen LogP contribution >= 0.6 is 0 Å². The van der Waals surface area contributed by atoms with Gasteiger partial charge < -0.3 is 11.1 Å². The zero-order chi connectivity index (χ0) is 25.2. The van der Waals surface area contributed by atoms with E-state index in [-0.39, 0.29) is 23.3 Å². The second-order valence-electron chi connectivity index (χ2n) is 11.6. The summed E-state index contributed by atoms with van der Waals surface area (Å²) in [6, 6.07) is 17.2. The van der Waals surface area contributed by atoms with E-state index in [1.165, 1.54) is 48.8 Å². The molecule has 1 saturated carbocycles. The molecule has 0 radical (unpaired) electrons. The predicted molar refractivity (Wildman–Crippen MR) is 148 cm³/mol. The first-order valence-electron chi connectivity index (χ1n) is 13.2. The molecular weight excluding hydrogens is 430 g/mol. The molecule has 1 aliphatic rings. The van der Waals surface area contributed by atoms with Crippen molar-refractivity contribution in [1.82, 2.24) is 4.98 Å². The maximum absolute atomic E-state index is 12.7. The summed E-state index contributed by atoms with van der Waals surface area (Å²) in [7, 11) is 0. The molecule has 3 aromatic rings. The Morgan fingerprint density at radius 1 is 1.09 bits per heavy atom. The van der Waals surface area contributed by atoms with Gasteiger partial charge in [0.25, 0.3) is 0 Å². The highest BCUT2D eigenvalue weighted by Gasteiger charge is 2.31. The van der Waals surface area contributed by atoms with Crippen molar-refractivity contribution in [3.63, 3.8) is 0 Å². The summed E-state index contributed by atoms with van der Waals surface area (Å²) in [6.07, 6.45) is 7.12. The fourth-order valence-electron chi connectivity index (χ4n) is 5.62. The summed E-state index contributed by atoms with van der Waals surface area (Å²) in [4.78, 5) is 17.8. The molecule has 0 aliphatic heterocycles. The van der Waals surface area contributed by atoms with Gasteiger partial charge in [-0.15, -0.1) is 0 Å². The molecule has 0 saturated heterocycles. The van der Waals surface area contributed by atoms with E-state index in [2.05, 4.69) is 88.5 Å². The zero-order valence-corrected chi connectivity index (χ0v) is 22.0. The van der Waals surface area contributed by atoms with Crippen LogP contribution in [0.2, 0.25) is 0 Å². The van der Waals surface area contributed by atoms with Gasteiger partial charge in [0.15, 0.2) is 0 Å². The maximum atomic E-state index is 12.7. The molecule has 1 aromatic heterocycles. The van der Waals surface area contributed by atoms with E-state index in [0.717, 1.165) is 28.7 Å². The third-order valence-electron chi connectivity index (χ3n) is 7.57. The Labute approximate surface area is 210 Å². The highest BCUT2D eigenvalue weighted by molar-refractivity contribution is 5.88. The average Bonchev–Trinajstić information content (AvgIpc) is 2.81. The maximum Gasteiger partial charge on any atom is 0.221 e. The molecule has 3 N–H and O–H groups in total. The van der Waals surface area contributed by atoms with Gasteiger partial charge in [0.05, 0.1) is 5.52 Å². The number of aromatic nitrogens is 1. The third kappa shape index (κ3) is 6.04. The number of pyridine rings is 1. The summed E-state index contributed by atoms with van der Waals surface area (Å²) < 4.78 is 0. The third-order valence-corrected chi connectivity index (χ3v) is 7.57. The molecule has 0 bridgehead atoms. The summed E-state index contributed by atoms with van der Waals surface area (Å²) in [5.74, 6) is 1.04. The number of amides is 1. The van der Waals surface area contributed by atoms with E-state index in [4.69, 9.17) is 10.7 Å². The number of benzene rings is 2. The number of carbonyl (C=O) groups excluding carboxylic acids is 1. The number of hydrogen-bond acceptors (Lipinski definition) is 3. The van der Waals surface area contributed by atoms with E-state index >= 15 is 0 Å². The lowest BCUT2D eigenvalue weighted by atomic mass is 9.76. The number of rotatable bonds is 7. The molecule has 4 nitrogen and oxygen atoms in total. The quantitative estimate of drug-likeness (QED) is 0.373. The van der Waals surface area contributed by atoms with Gasteiger partial charge >= 0.3 is 0 Å². The topological polar surface area (TPSA) is 68.0 Å². The van der Waals surface area contributed by atoms with Crippen molar-refractivity contribution in [3.05, 3.63) is 59.7 Å². The first kappa shape index (κ1) is 25.2. The van der Waals surface area contributed by atoms with Gasteiger partial charge in [-0.05, 0) is 86.4 Å². The number of hydrogen-bond donors (Lipinski definition) is 2. The van der Waals surface area contributed by atoms with E-state index < -0.39 is 0 Å². The van der Waals surface area contributed by atoms with Crippen LogP contribution in [0.1, 0.15) is 83.3 Å². The lowest BCUT2D eigenvalue weighted by molar-refractivity contribution is -0.123. The Morgan fingerprint density at radius 3 is 2.46 bits per heavy atom. The molecule has 2 atom stereocenters. The summed E-state index contributed by atoms with van der Waals surface area (Å²) in [6.45, 7) is 10.7. The van der Waals surface area contributed by atoms with Gasteiger partial charge in [-0.1, -0.05) is 69.4 Å². The molecule has 1 fully saturated rings. The van der Waals surface area contributed by atoms with E-state index in [0.29, 0.717) is 5.92 Å². The second-order valence-corrected chi connectivity index (χ2v) is 11.6. The van der Waals surface area contributed by atoms with Crippen LogP contribution < -0.4 is 11.1 Å². The van der Waals surface area contributed by atoms with E-state index in [1.807, 2.05) is 0 Å².